The molecule has 0 atom stereocenters. The Kier molecular flexibility index (Phi) is 3.02. The molecule has 0 aromatic rings. The number of Topliss-reactive ketones (excluding diaryl/α,β-unsaturated/α-hetero) is 1. The molecule has 2 N–H and O–H groups in total. The Hall–Kier alpha value is -1.52. The van der Waals surface area contributed by atoms with Gasteiger partial charge >= 0.3 is 6.09 Å². The predicted molar refractivity (Wildman–Crippen MR) is 53.3 cm³/mol. The van der Waals surface area contributed by atoms with Crippen LogP contribution in [0.2, 0.25) is 0 Å². The maximum Gasteiger partial charge on any atom is 0.412 e. The maximum absolute atomic E-state index is 11.3. The smallest absolute Gasteiger partial charge is 0.412 e. The van der Waals surface area contributed by atoms with E-state index < -0.39 is 11.7 Å². The molecule has 0 heterocycles. The maximum atomic E-state index is 11.3. The number of rotatable bonds is 1. The number of hydrogen-bond donors (Lipinski definition) is 2. The molecule has 84 valence electrons. The van der Waals surface area contributed by atoms with Gasteiger partial charge in [-0.15, -0.1) is 0 Å². The Morgan fingerprint density at radius 1 is 1.40 bits per heavy atom. The lowest BCUT2D eigenvalue weighted by molar-refractivity contribution is -0.115. The van der Waals surface area contributed by atoms with Crippen LogP contribution in [0.5, 0.6) is 0 Å². The third-order valence-electron chi connectivity index (χ3n) is 1.78. The Labute approximate surface area is 88.1 Å². The average Bonchev–Trinajstić information content (AvgIpc) is 2.32. The van der Waals surface area contributed by atoms with Crippen molar-refractivity contribution in [1.29, 1.82) is 0 Å². The summed E-state index contributed by atoms with van der Waals surface area (Å²) >= 11 is 0. The van der Waals surface area contributed by atoms with E-state index in [2.05, 4.69) is 5.32 Å². The van der Waals surface area contributed by atoms with Gasteiger partial charge in [-0.1, -0.05) is 0 Å². The summed E-state index contributed by atoms with van der Waals surface area (Å²) < 4.78 is 4.95. The van der Waals surface area contributed by atoms with Gasteiger partial charge in [0.05, 0.1) is 0 Å². The predicted octanol–water partition coefficient (Wildman–Crippen LogP) is 1.64. The fourth-order valence-corrected chi connectivity index (χ4v) is 1.19. The van der Waals surface area contributed by atoms with Crippen LogP contribution < -0.4 is 5.32 Å². The molecule has 0 radical (unpaired) electrons. The molecule has 0 bridgehead atoms. The number of nitrogens with one attached hydrogen (secondary N) is 1. The lowest BCUT2D eigenvalue weighted by atomic mass is 10.2. The van der Waals surface area contributed by atoms with E-state index in [1.54, 1.807) is 20.8 Å². The van der Waals surface area contributed by atoms with Crippen molar-refractivity contribution in [3.05, 3.63) is 11.5 Å². The first-order valence-electron chi connectivity index (χ1n) is 4.75. The summed E-state index contributed by atoms with van der Waals surface area (Å²) in [5, 5.41) is 11.5. The first-order chi connectivity index (χ1) is 6.79. The molecule has 0 aromatic heterocycles. The van der Waals surface area contributed by atoms with Crippen molar-refractivity contribution in [2.75, 3.05) is 0 Å². The molecule has 1 amide bonds. The topological polar surface area (TPSA) is 75.6 Å². The number of hydrogen-bond acceptors (Lipinski definition) is 4. The number of ketones is 1. The van der Waals surface area contributed by atoms with Gasteiger partial charge < -0.3 is 9.84 Å². The van der Waals surface area contributed by atoms with Gasteiger partial charge in [0.25, 0.3) is 0 Å². The zero-order valence-corrected chi connectivity index (χ0v) is 9.09. The number of alkyl carbamates (subject to hydrolysis) is 1. The average molecular weight is 213 g/mol. The van der Waals surface area contributed by atoms with Gasteiger partial charge in [0.1, 0.15) is 17.1 Å². The van der Waals surface area contributed by atoms with Crippen molar-refractivity contribution in [2.24, 2.45) is 0 Å². The molecular formula is C10H15NO4. The molecule has 1 aliphatic rings. The van der Waals surface area contributed by atoms with Crippen molar-refractivity contribution in [3.63, 3.8) is 0 Å². The van der Waals surface area contributed by atoms with Crippen molar-refractivity contribution in [1.82, 2.24) is 5.32 Å². The summed E-state index contributed by atoms with van der Waals surface area (Å²) in [6.07, 6.45) is -0.208. The minimum absolute atomic E-state index is 0.0377. The van der Waals surface area contributed by atoms with Crippen molar-refractivity contribution in [3.8, 4) is 0 Å². The van der Waals surface area contributed by atoms with Gasteiger partial charge in [-0.2, -0.15) is 0 Å². The quantitative estimate of drug-likeness (QED) is 0.694. The number of aliphatic hydroxyl groups is 1. The van der Waals surface area contributed by atoms with Crippen LogP contribution in [-0.4, -0.2) is 22.6 Å². The van der Waals surface area contributed by atoms with Crippen molar-refractivity contribution >= 4 is 11.9 Å². The first kappa shape index (κ1) is 11.6. The normalized spacial score (nSPS) is 16.9. The largest absolute Gasteiger partial charge is 0.510 e. The molecule has 5 heteroatoms. The molecule has 15 heavy (non-hydrogen) atoms. The highest BCUT2D eigenvalue weighted by atomic mass is 16.6. The molecule has 5 nitrogen and oxygen atoms in total. The van der Waals surface area contributed by atoms with Crippen LogP contribution in [0.3, 0.4) is 0 Å². The molecule has 1 aliphatic carbocycles. The van der Waals surface area contributed by atoms with E-state index in [4.69, 9.17) is 4.74 Å². The summed E-state index contributed by atoms with van der Waals surface area (Å²) in [7, 11) is 0. The van der Waals surface area contributed by atoms with E-state index >= 15 is 0 Å². The third kappa shape index (κ3) is 3.27. The lowest BCUT2D eigenvalue weighted by Gasteiger charge is -2.19. The summed E-state index contributed by atoms with van der Waals surface area (Å²) in [6.45, 7) is 5.16. The minimum Gasteiger partial charge on any atom is -0.510 e. The minimum atomic E-state index is -0.723. The van der Waals surface area contributed by atoms with E-state index in [-0.39, 0.29) is 30.1 Å². The molecular weight excluding hydrogens is 198 g/mol. The number of carbonyl (C=O) groups excluding carboxylic acids is 2. The molecule has 0 spiro atoms. The molecule has 0 saturated heterocycles. The number of aliphatic hydroxyl groups excluding tert-OH is 1. The van der Waals surface area contributed by atoms with Crippen molar-refractivity contribution in [2.45, 2.75) is 39.2 Å². The van der Waals surface area contributed by atoms with E-state index in [1.165, 1.54) is 0 Å². The highest BCUT2D eigenvalue weighted by molar-refractivity contribution is 6.00. The molecule has 0 aliphatic heterocycles. The zero-order chi connectivity index (χ0) is 11.6. The third-order valence-corrected chi connectivity index (χ3v) is 1.78. The van der Waals surface area contributed by atoms with Gasteiger partial charge in [0.2, 0.25) is 0 Å². The SMILES string of the molecule is CC(C)(C)OC(=O)NC1=C(O)CCC1=O. The van der Waals surface area contributed by atoms with Crippen LogP contribution in [0.1, 0.15) is 33.6 Å². The standard InChI is InChI=1S/C10H15NO4/c1-10(2,3)15-9(14)11-8-6(12)4-5-7(8)13/h12H,4-5H2,1-3H3,(H,11,14). The molecule has 0 saturated carbocycles. The van der Waals surface area contributed by atoms with Crippen molar-refractivity contribution < 1.29 is 19.4 Å². The van der Waals surface area contributed by atoms with E-state index in [1.807, 2.05) is 0 Å². The van der Waals surface area contributed by atoms with Gasteiger partial charge in [-0.05, 0) is 20.8 Å². The van der Waals surface area contributed by atoms with Gasteiger partial charge in [-0.25, -0.2) is 4.79 Å². The van der Waals surface area contributed by atoms with Gasteiger partial charge in [-0.3, -0.25) is 10.1 Å². The van der Waals surface area contributed by atoms with Crippen LogP contribution in [0, 0.1) is 0 Å². The highest BCUT2D eigenvalue weighted by Gasteiger charge is 2.26. The lowest BCUT2D eigenvalue weighted by Crippen LogP contribution is -2.33. The van der Waals surface area contributed by atoms with Crippen LogP contribution in [-0.2, 0) is 9.53 Å². The zero-order valence-electron chi connectivity index (χ0n) is 9.09. The fourth-order valence-electron chi connectivity index (χ4n) is 1.19. The van der Waals surface area contributed by atoms with E-state index in [0.717, 1.165) is 0 Å². The van der Waals surface area contributed by atoms with Gasteiger partial charge in [0, 0.05) is 12.8 Å². The monoisotopic (exact) mass is 213 g/mol. The second kappa shape index (κ2) is 3.92. The Bertz CT molecular complexity index is 325. The number of amides is 1. The second-order valence-corrected chi connectivity index (χ2v) is 4.37. The number of carbonyl (C=O) groups is 2. The Morgan fingerprint density at radius 2 is 2.00 bits per heavy atom. The molecule has 1 rings (SSSR count). The van der Waals surface area contributed by atoms with Crippen LogP contribution >= 0.6 is 0 Å². The van der Waals surface area contributed by atoms with E-state index in [9.17, 15) is 14.7 Å². The fraction of sp³-hybridized carbons (Fsp3) is 0.600. The summed E-state index contributed by atoms with van der Waals surface area (Å²) in [6, 6.07) is 0. The molecule has 0 unspecified atom stereocenters. The van der Waals surface area contributed by atoms with Crippen LogP contribution in [0.25, 0.3) is 0 Å². The first-order valence-corrected chi connectivity index (χ1v) is 4.75. The Balaban J connectivity index is 2.59. The second-order valence-electron chi connectivity index (χ2n) is 4.37. The molecule has 0 aromatic carbocycles. The van der Waals surface area contributed by atoms with Crippen LogP contribution in [0.15, 0.2) is 11.5 Å². The number of ether oxygens (including phenoxy) is 1. The van der Waals surface area contributed by atoms with Crippen LogP contribution in [0.4, 0.5) is 4.79 Å². The summed E-state index contributed by atoms with van der Waals surface area (Å²) in [4.78, 5) is 22.5. The molecule has 0 fully saturated rings. The van der Waals surface area contributed by atoms with Gasteiger partial charge in [0.15, 0.2) is 5.78 Å². The highest BCUT2D eigenvalue weighted by Crippen LogP contribution is 2.18. The Morgan fingerprint density at radius 3 is 2.40 bits per heavy atom. The number of allylic oxidation sites excluding steroid dienone is 2. The van der Waals surface area contributed by atoms with E-state index in [0.29, 0.717) is 0 Å². The summed E-state index contributed by atoms with van der Waals surface area (Å²) in [5.74, 6) is -0.343. The summed E-state index contributed by atoms with van der Waals surface area (Å²) in [5.41, 5.74) is -0.661.